The lowest BCUT2D eigenvalue weighted by Gasteiger charge is -2.06. The van der Waals surface area contributed by atoms with Gasteiger partial charge in [0.15, 0.2) is 10.9 Å². The summed E-state index contributed by atoms with van der Waals surface area (Å²) >= 11 is 4.04. The lowest BCUT2D eigenvalue weighted by Crippen LogP contribution is -2.16. The van der Waals surface area contributed by atoms with Gasteiger partial charge in [-0.3, -0.25) is 4.79 Å². The van der Waals surface area contributed by atoms with Crippen molar-refractivity contribution < 1.29 is 13.2 Å². The van der Waals surface area contributed by atoms with E-state index in [2.05, 4.69) is 15.0 Å². The average molecular weight is 375 g/mol. The number of thiazole rings is 1. The molecule has 10 heteroatoms. The number of thiophene rings is 1. The summed E-state index contributed by atoms with van der Waals surface area (Å²) in [6.45, 7) is 0. The lowest BCUT2D eigenvalue weighted by molar-refractivity contribution is -0.141. The topological polar surface area (TPSA) is 58.6 Å². The highest BCUT2D eigenvalue weighted by Gasteiger charge is 2.33. The van der Waals surface area contributed by atoms with E-state index in [1.807, 2.05) is 22.9 Å². The van der Waals surface area contributed by atoms with E-state index in [4.69, 9.17) is 0 Å². The molecule has 120 valence electrons. The Morgan fingerprint density at radius 2 is 2.09 bits per heavy atom. The highest BCUT2D eigenvalue weighted by atomic mass is 32.2. The first-order valence-corrected chi connectivity index (χ1v) is 8.96. The number of rotatable bonds is 4. The van der Waals surface area contributed by atoms with Gasteiger partial charge in [0.2, 0.25) is 0 Å². The molecule has 0 amide bonds. The molecule has 0 radical (unpaired) electrons. The highest BCUT2D eigenvalue weighted by molar-refractivity contribution is 7.98. The molecule has 3 rings (SSSR count). The van der Waals surface area contributed by atoms with Gasteiger partial charge < -0.3 is 4.98 Å². The van der Waals surface area contributed by atoms with Crippen molar-refractivity contribution in [1.29, 1.82) is 0 Å². The molecule has 0 spiro atoms. The fourth-order valence-corrected chi connectivity index (χ4v) is 4.19. The normalized spacial score (nSPS) is 11.8. The number of aromatic nitrogens is 3. The number of aromatic amines is 1. The van der Waals surface area contributed by atoms with Crippen LogP contribution in [0.4, 0.5) is 13.2 Å². The third-order valence-corrected chi connectivity index (χ3v) is 5.49. The Morgan fingerprint density at radius 3 is 2.78 bits per heavy atom. The lowest BCUT2D eigenvalue weighted by atomic mass is 10.4. The van der Waals surface area contributed by atoms with Gasteiger partial charge >= 0.3 is 6.18 Å². The van der Waals surface area contributed by atoms with Crippen LogP contribution in [-0.2, 0) is 11.9 Å². The highest BCUT2D eigenvalue weighted by Crippen LogP contribution is 2.31. The maximum atomic E-state index is 12.6. The molecular weight excluding hydrogens is 367 g/mol. The van der Waals surface area contributed by atoms with Crippen LogP contribution in [0.15, 0.2) is 38.9 Å². The molecule has 3 aromatic heterocycles. The van der Waals surface area contributed by atoms with E-state index in [0.717, 1.165) is 27.3 Å². The van der Waals surface area contributed by atoms with Crippen molar-refractivity contribution in [3.8, 4) is 9.88 Å². The number of hydrogen-bond donors (Lipinski definition) is 1. The smallest absolute Gasteiger partial charge is 0.301 e. The Labute approximate surface area is 140 Å². The van der Waals surface area contributed by atoms with Gasteiger partial charge in [-0.05, 0) is 11.4 Å². The van der Waals surface area contributed by atoms with E-state index in [0.29, 0.717) is 11.8 Å². The van der Waals surface area contributed by atoms with Gasteiger partial charge in [0.1, 0.15) is 5.01 Å². The number of nitrogens with one attached hydrogen (secondary N) is 1. The molecule has 4 nitrogen and oxygen atoms in total. The molecule has 0 aliphatic carbocycles. The molecule has 0 saturated heterocycles. The SMILES string of the molecule is O=c1cc(C(F)(F)F)nc(SCc2csc(-c3cccs3)n2)[nH]1. The van der Waals surface area contributed by atoms with E-state index < -0.39 is 17.4 Å². The molecule has 0 aliphatic rings. The molecule has 0 aromatic carbocycles. The third kappa shape index (κ3) is 4.01. The standard InChI is InChI=1S/C13H8F3N3OS3/c14-13(15,16)9-4-10(20)19-12(18-9)23-6-7-5-22-11(17-7)8-2-1-3-21-8/h1-5H,6H2,(H,18,19,20). The van der Waals surface area contributed by atoms with E-state index >= 15 is 0 Å². The van der Waals surface area contributed by atoms with E-state index in [-0.39, 0.29) is 5.16 Å². The van der Waals surface area contributed by atoms with E-state index in [1.54, 1.807) is 11.3 Å². The Balaban J connectivity index is 1.74. The van der Waals surface area contributed by atoms with Crippen LogP contribution in [0.1, 0.15) is 11.4 Å². The number of alkyl halides is 3. The van der Waals surface area contributed by atoms with Crippen LogP contribution in [0.25, 0.3) is 9.88 Å². The summed E-state index contributed by atoms with van der Waals surface area (Å²) in [6, 6.07) is 4.32. The molecule has 0 unspecified atom stereocenters. The van der Waals surface area contributed by atoms with Crippen molar-refractivity contribution in [1.82, 2.24) is 15.0 Å². The van der Waals surface area contributed by atoms with Crippen LogP contribution in [0, 0.1) is 0 Å². The summed E-state index contributed by atoms with van der Waals surface area (Å²) in [5.74, 6) is 0.326. The first-order valence-electron chi connectivity index (χ1n) is 6.21. The van der Waals surface area contributed by atoms with Crippen LogP contribution in [0.2, 0.25) is 0 Å². The van der Waals surface area contributed by atoms with Gasteiger partial charge in [-0.1, -0.05) is 17.8 Å². The minimum absolute atomic E-state index is 0.0736. The second-order valence-corrected chi connectivity index (χ2v) is 7.11. The van der Waals surface area contributed by atoms with Crippen molar-refractivity contribution in [3.05, 3.63) is 50.7 Å². The summed E-state index contributed by atoms with van der Waals surface area (Å²) in [4.78, 5) is 22.5. The number of H-pyrrole nitrogens is 1. The minimum atomic E-state index is -4.64. The van der Waals surface area contributed by atoms with Crippen molar-refractivity contribution in [2.24, 2.45) is 0 Å². The van der Waals surface area contributed by atoms with Crippen molar-refractivity contribution in [3.63, 3.8) is 0 Å². The van der Waals surface area contributed by atoms with Gasteiger partial charge in [0.25, 0.3) is 5.56 Å². The number of halogens is 3. The van der Waals surface area contributed by atoms with Crippen LogP contribution in [0.3, 0.4) is 0 Å². The van der Waals surface area contributed by atoms with Gasteiger partial charge in [-0.15, -0.1) is 22.7 Å². The zero-order valence-corrected chi connectivity index (χ0v) is 13.7. The predicted octanol–water partition coefficient (Wildman–Crippen LogP) is 4.27. The Kier molecular flexibility index (Phi) is 4.55. The molecule has 0 aliphatic heterocycles. The summed E-state index contributed by atoms with van der Waals surface area (Å²) in [5.41, 5.74) is -1.29. The molecule has 1 N–H and O–H groups in total. The average Bonchev–Trinajstić information content (AvgIpc) is 3.15. The fourth-order valence-electron chi connectivity index (χ4n) is 1.68. The van der Waals surface area contributed by atoms with Crippen LogP contribution >= 0.6 is 34.4 Å². The molecule has 0 bridgehead atoms. The second kappa shape index (κ2) is 6.46. The quantitative estimate of drug-likeness (QED) is 0.547. The number of thioether (sulfide) groups is 1. The number of nitrogens with zero attached hydrogens (tertiary/aromatic N) is 2. The van der Waals surface area contributed by atoms with Gasteiger partial charge in [0.05, 0.1) is 10.6 Å². The molecule has 23 heavy (non-hydrogen) atoms. The molecule has 3 heterocycles. The minimum Gasteiger partial charge on any atom is -0.301 e. The van der Waals surface area contributed by atoms with E-state index in [9.17, 15) is 18.0 Å². The van der Waals surface area contributed by atoms with Crippen LogP contribution in [0.5, 0.6) is 0 Å². The fraction of sp³-hybridized carbons (Fsp3) is 0.154. The summed E-state index contributed by atoms with van der Waals surface area (Å²) in [6.07, 6.45) is -4.64. The van der Waals surface area contributed by atoms with Gasteiger partial charge in [0, 0.05) is 17.2 Å². The van der Waals surface area contributed by atoms with Crippen molar-refractivity contribution >= 4 is 34.4 Å². The van der Waals surface area contributed by atoms with Crippen molar-refractivity contribution in [2.45, 2.75) is 17.1 Å². The predicted molar refractivity (Wildman–Crippen MR) is 84.8 cm³/mol. The molecular formula is C13H8F3N3OS3. The zero-order chi connectivity index (χ0) is 16.4. The Hall–Kier alpha value is -1.65. The maximum absolute atomic E-state index is 12.6. The molecule has 3 aromatic rings. The zero-order valence-electron chi connectivity index (χ0n) is 11.3. The Morgan fingerprint density at radius 1 is 1.26 bits per heavy atom. The van der Waals surface area contributed by atoms with Crippen LogP contribution in [-0.4, -0.2) is 15.0 Å². The molecule has 0 saturated carbocycles. The maximum Gasteiger partial charge on any atom is 0.433 e. The van der Waals surface area contributed by atoms with E-state index in [1.165, 1.54) is 11.3 Å². The summed E-state index contributed by atoms with van der Waals surface area (Å²) in [7, 11) is 0. The Bertz CT molecular complexity index is 855. The molecule has 0 fully saturated rings. The second-order valence-electron chi connectivity index (χ2n) is 4.34. The monoisotopic (exact) mass is 375 g/mol. The van der Waals surface area contributed by atoms with Crippen molar-refractivity contribution in [2.75, 3.05) is 0 Å². The first kappa shape index (κ1) is 16.2. The first-order chi connectivity index (χ1) is 10.9. The molecule has 0 atom stereocenters. The summed E-state index contributed by atoms with van der Waals surface area (Å²) in [5, 5.41) is 4.58. The summed E-state index contributed by atoms with van der Waals surface area (Å²) < 4.78 is 37.9. The van der Waals surface area contributed by atoms with Crippen LogP contribution < -0.4 is 5.56 Å². The van der Waals surface area contributed by atoms with Gasteiger partial charge in [-0.25, -0.2) is 9.97 Å². The largest absolute Gasteiger partial charge is 0.433 e. The van der Waals surface area contributed by atoms with Gasteiger partial charge in [-0.2, -0.15) is 13.2 Å². The number of hydrogen-bond acceptors (Lipinski definition) is 6. The third-order valence-electron chi connectivity index (χ3n) is 2.65.